The van der Waals surface area contributed by atoms with Crippen molar-refractivity contribution in [2.24, 2.45) is 5.41 Å². The highest BCUT2D eigenvalue weighted by Gasteiger charge is 2.35. The summed E-state index contributed by atoms with van der Waals surface area (Å²) in [5.74, 6) is 0. The third-order valence-corrected chi connectivity index (χ3v) is 4.63. The number of hydrogen-bond acceptors (Lipinski definition) is 3. The van der Waals surface area contributed by atoms with Gasteiger partial charge in [0.25, 0.3) is 0 Å². The second-order valence-corrected chi connectivity index (χ2v) is 5.92. The van der Waals surface area contributed by atoms with Gasteiger partial charge in [-0.25, -0.2) is 0 Å². The highest BCUT2D eigenvalue weighted by Crippen LogP contribution is 2.38. The quantitative estimate of drug-likeness (QED) is 0.823. The van der Waals surface area contributed by atoms with E-state index in [1.54, 1.807) is 0 Å². The van der Waals surface area contributed by atoms with Crippen LogP contribution in [0.25, 0.3) is 0 Å². The highest BCUT2D eigenvalue weighted by molar-refractivity contribution is 5.46. The van der Waals surface area contributed by atoms with Crippen molar-refractivity contribution in [3.05, 3.63) is 24.0 Å². The predicted octanol–water partition coefficient (Wildman–Crippen LogP) is 2.36. The van der Waals surface area contributed by atoms with Crippen LogP contribution < -0.4 is 10.2 Å². The number of piperidine rings is 2. The van der Waals surface area contributed by atoms with Gasteiger partial charge in [-0.05, 0) is 56.7 Å². The number of nitrogens with zero attached hydrogens (tertiary/aromatic N) is 2. The summed E-state index contributed by atoms with van der Waals surface area (Å²) in [6.07, 6.45) is 7.37. The molecule has 0 saturated carbocycles. The van der Waals surface area contributed by atoms with Crippen LogP contribution in [0.1, 0.15) is 31.4 Å². The van der Waals surface area contributed by atoms with Crippen LogP contribution >= 0.6 is 0 Å². The second kappa shape index (κ2) is 4.88. The molecule has 1 aromatic heterocycles. The molecule has 3 nitrogen and oxygen atoms in total. The molecule has 1 spiro atoms. The van der Waals surface area contributed by atoms with Crippen molar-refractivity contribution in [2.75, 3.05) is 31.1 Å². The first kappa shape index (κ1) is 12.0. The van der Waals surface area contributed by atoms with Gasteiger partial charge >= 0.3 is 0 Å². The van der Waals surface area contributed by atoms with Crippen LogP contribution in [0, 0.1) is 12.3 Å². The zero-order valence-electron chi connectivity index (χ0n) is 11.3. The van der Waals surface area contributed by atoms with E-state index in [4.69, 9.17) is 0 Å². The molecule has 2 aliphatic rings. The number of aromatic nitrogens is 1. The monoisotopic (exact) mass is 245 g/mol. The zero-order valence-corrected chi connectivity index (χ0v) is 11.3. The van der Waals surface area contributed by atoms with Crippen molar-refractivity contribution in [2.45, 2.75) is 32.6 Å². The normalized spacial score (nSPS) is 23.3. The van der Waals surface area contributed by atoms with Gasteiger partial charge < -0.3 is 10.2 Å². The molecule has 3 heterocycles. The van der Waals surface area contributed by atoms with Gasteiger partial charge in [0.15, 0.2) is 0 Å². The van der Waals surface area contributed by atoms with Gasteiger partial charge in [0.2, 0.25) is 0 Å². The molecule has 0 aliphatic carbocycles. The average molecular weight is 245 g/mol. The predicted molar refractivity (Wildman–Crippen MR) is 75.0 cm³/mol. The number of pyridine rings is 1. The Hall–Kier alpha value is -1.09. The molecular weight excluding hydrogens is 222 g/mol. The maximum Gasteiger partial charge on any atom is 0.0399 e. The van der Waals surface area contributed by atoms with Gasteiger partial charge in [-0.15, -0.1) is 0 Å². The minimum absolute atomic E-state index is 0.594. The van der Waals surface area contributed by atoms with E-state index >= 15 is 0 Å². The van der Waals surface area contributed by atoms with E-state index in [-0.39, 0.29) is 0 Å². The van der Waals surface area contributed by atoms with Crippen LogP contribution in [0.3, 0.4) is 0 Å². The molecule has 0 aromatic carbocycles. The SMILES string of the molecule is Cc1cc(N2CCC3(CCCNC3)CC2)ccn1. The first-order valence-electron chi connectivity index (χ1n) is 7.16. The number of anilines is 1. The second-order valence-electron chi connectivity index (χ2n) is 5.92. The van der Waals surface area contributed by atoms with E-state index in [2.05, 4.69) is 34.3 Å². The molecule has 2 saturated heterocycles. The van der Waals surface area contributed by atoms with Crippen molar-refractivity contribution in [3.63, 3.8) is 0 Å². The van der Waals surface area contributed by atoms with E-state index in [1.165, 1.54) is 57.5 Å². The largest absolute Gasteiger partial charge is 0.371 e. The van der Waals surface area contributed by atoms with Gasteiger partial charge in [-0.2, -0.15) is 0 Å². The van der Waals surface area contributed by atoms with Gasteiger partial charge in [-0.3, -0.25) is 4.98 Å². The molecule has 0 unspecified atom stereocenters. The Morgan fingerprint density at radius 1 is 1.28 bits per heavy atom. The Kier molecular flexibility index (Phi) is 3.25. The summed E-state index contributed by atoms with van der Waals surface area (Å²) in [5, 5.41) is 3.58. The Balaban J connectivity index is 1.66. The fourth-order valence-electron chi connectivity index (χ4n) is 3.42. The van der Waals surface area contributed by atoms with Crippen LogP contribution in [-0.2, 0) is 0 Å². The average Bonchev–Trinajstić information content (AvgIpc) is 2.40. The summed E-state index contributed by atoms with van der Waals surface area (Å²) in [7, 11) is 0. The molecule has 98 valence electrons. The van der Waals surface area contributed by atoms with E-state index in [9.17, 15) is 0 Å². The first-order valence-corrected chi connectivity index (χ1v) is 7.16. The summed E-state index contributed by atoms with van der Waals surface area (Å²) >= 11 is 0. The minimum atomic E-state index is 0.594. The molecule has 0 atom stereocenters. The molecule has 1 N–H and O–H groups in total. The van der Waals surface area contributed by atoms with Crippen LogP contribution in [0.2, 0.25) is 0 Å². The maximum absolute atomic E-state index is 4.28. The van der Waals surface area contributed by atoms with Crippen LogP contribution in [0.15, 0.2) is 18.3 Å². The van der Waals surface area contributed by atoms with Crippen molar-refractivity contribution in [3.8, 4) is 0 Å². The fraction of sp³-hybridized carbons (Fsp3) is 0.667. The van der Waals surface area contributed by atoms with Gasteiger partial charge in [0.05, 0.1) is 0 Å². The zero-order chi connectivity index (χ0) is 12.4. The van der Waals surface area contributed by atoms with Crippen molar-refractivity contribution in [1.82, 2.24) is 10.3 Å². The molecule has 0 bridgehead atoms. The van der Waals surface area contributed by atoms with Crippen LogP contribution in [-0.4, -0.2) is 31.2 Å². The van der Waals surface area contributed by atoms with Gasteiger partial charge in [0.1, 0.15) is 0 Å². The minimum Gasteiger partial charge on any atom is -0.371 e. The molecule has 2 aliphatic heterocycles. The Bertz CT molecular complexity index is 400. The van der Waals surface area contributed by atoms with E-state index < -0.39 is 0 Å². The summed E-state index contributed by atoms with van der Waals surface area (Å²) < 4.78 is 0. The van der Waals surface area contributed by atoms with Gasteiger partial charge in [0, 0.05) is 37.2 Å². The van der Waals surface area contributed by atoms with Crippen molar-refractivity contribution >= 4 is 5.69 Å². The number of nitrogens with one attached hydrogen (secondary N) is 1. The number of hydrogen-bond donors (Lipinski definition) is 1. The molecule has 0 radical (unpaired) electrons. The van der Waals surface area contributed by atoms with Crippen LogP contribution in [0.4, 0.5) is 5.69 Å². The maximum atomic E-state index is 4.28. The summed E-state index contributed by atoms with van der Waals surface area (Å²) in [6, 6.07) is 4.35. The fourth-order valence-corrected chi connectivity index (χ4v) is 3.42. The van der Waals surface area contributed by atoms with E-state index in [1.807, 2.05) is 6.20 Å². The van der Waals surface area contributed by atoms with Gasteiger partial charge in [-0.1, -0.05) is 0 Å². The van der Waals surface area contributed by atoms with Crippen LogP contribution in [0.5, 0.6) is 0 Å². The lowest BCUT2D eigenvalue weighted by molar-refractivity contribution is 0.161. The Morgan fingerprint density at radius 3 is 2.78 bits per heavy atom. The molecule has 1 aromatic rings. The third-order valence-electron chi connectivity index (χ3n) is 4.63. The standard InChI is InChI=1S/C15H23N3/c1-13-11-14(3-8-17-13)18-9-5-15(6-10-18)4-2-7-16-12-15/h3,8,11,16H,2,4-7,9-10,12H2,1H3. The lowest BCUT2D eigenvalue weighted by Crippen LogP contribution is -2.48. The number of aryl methyl sites for hydroxylation is 1. The highest BCUT2D eigenvalue weighted by atomic mass is 15.1. The third kappa shape index (κ3) is 2.37. The lowest BCUT2D eigenvalue weighted by atomic mass is 9.73. The number of rotatable bonds is 1. The molecule has 18 heavy (non-hydrogen) atoms. The molecule has 0 amide bonds. The topological polar surface area (TPSA) is 28.2 Å². The van der Waals surface area contributed by atoms with Crippen molar-refractivity contribution in [1.29, 1.82) is 0 Å². The Morgan fingerprint density at radius 2 is 2.11 bits per heavy atom. The first-order chi connectivity index (χ1) is 8.77. The van der Waals surface area contributed by atoms with E-state index in [0.717, 1.165) is 5.69 Å². The molecule has 3 heteroatoms. The van der Waals surface area contributed by atoms with E-state index in [0.29, 0.717) is 5.41 Å². The molecular formula is C15H23N3. The smallest absolute Gasteiger partial charge is 0.0399 e. The summed E-state index contributed by atoms with van der Waals surface area (Å²) in [6.45, 7) is 6.92. The summed E-state index contributed by atoms with van der Waals surface area (Å²) in [5.41, 5.74) is 3.06. The molecule has 2 fully saturated rings. The van der Waals surface area contributed by atoms with Crippen molar-refractivity contribution < 1.29 is 0 Å². The Labute approximate surface area is 110 Å². The molecule has 3 rings (SSSR count). The summed E-state index contributed by atoms with van der Waals surface area (Å²) in [4.78, 5) is 6.80. The lowest BCUT2D eigenvalue weighted by Gasteiger charge is -2.45.